The average molecular weight is 1150 g/mol. The van der Waals surface area contributed by atoms with Gasteiger partial charge in [0.25, 0.3) is 0 Å². The van der Waals surface area contributed by atoms with E-state index in [4.69, 9.17) is 17.9 Å². The molecular formula is C67H67N4OPt-3. The molecule has 73 heavy (non-hydrogen) atoms. The molecule has 0 bridgehead atoms. The average Bonchev–Trinajstić information content (AvgIpc) is 3.23. The fourth-order valence-electron chi connectivity index (χ4n) is 10.4. The van der Waals surface area contributed by atoms with E-state index >= 15 is 0 Å². The largest absolute Gasteiger partial charge is 0.509 e. The van der Waals surface area contributed by atoms with Crippen molar-refractivity contribution in [1.29, 1.82) is 0 Å². The molecule has 0 unspecified atom stereocenters. The van der Waals surface area contributed by atoms with E-state index in [1.54, 1.807) is 30.5 Å². The molecule has 7 aromatic carbocycles. The summed E-state index contributed by atoms with van der Waals surface area (Å²) in [6, 6.07) is 54.5. The predicted molar refractivity (Wildman–Crippen MR) is 302 cm³/mol. The molecular weight excluding hydrogens is 1070 g/mol. The summed E-state index contributed by atoms with van der Waals surface area (Å²) in [5, 5.41) is 1.07. The second-order valence-corrected chi connectivity index (χ2v) is 23.9. The standard InChI is InChI=1S/C67H67N4O.Pt/c1-63(2,3)44-30-31-68-59(37-44)71-57-29-21-26-53-60(57)61-54(67(53,13)14)39-50(40-58(61)71)72-49-25-20-24-48(38-49)69-41-70(56-28-19-18-27-55(56)69)62-51(42-22-16-15-17-23-42)35-47(66(10,11)12)36-52(62)43-32-45(64(4,5)6)34-46(33-43)65(7,8)9;/h15-37,39,41H,1-14H3;/q-3;/i13D3,14D3;. The molecule has 9 aromatic rings. The van der Waals surface area contributed by atoms with E-state index in [1.165, 1.54) is 16.7 Å². The van der Waals surface area contributed by atoms with Gasteiger partial charge in [-0.25, -0.2) is 4.98 Å². The van der Waals surface area contributed by atoms with Crippen LogP contribution in [0.15, 0.2) is 146 Å². The van der Waals surface area contributed by atoms with Crippen molar-refractivity contribution in [2.75, 3.05) is 9.80 Å². The normalized spacial score (nSPS) is 15.9. The minimum atomic E-state index is -2.98. The van der Waals surface area contributed by atoms with Crippen LogP contribution in [0.3, 0.4) is 0 Å². The number of aromatic nitrogens is 2. The van der Waals surface area contributed by atoms with E-state index in [0.717, 1.165) is 44.9 Å². The molecule has 0 saturated carbocycles. The molecule has 0 atom stereocenters. The number of pyridine rings is 1. The van der Waals surface area contributed by atoms with Gasteiger partial charge in [-0.15, -0.1) is 48.3 Å². The molecule has 0 radical (unpaired) electrons. The molecule has 0 saturated heterocycles. The summed E-state index contributed by atoms with van der Waals surface area (Å²) in [6.45, 7) is 23.1. The molecule has 1 aliphatic carbocycles. The zero-order chi connectivity index (χ0) is 55.9. The first-order valence-corrected chi connectivity index (χ1v) is 25.1. The van der Waals surface area contributed by atoms with Gasteiger partial charge in [0.2, 0.25) is 0 Å². The number of para-hydroxylation sites is 2. The van der Waals surface area contributed by atoms with Crippen LogP contribution in [-0.4, -0.2) is 9.55 Å². The summed E-state index contributed by atoms with van der Waals surface area (Å²) in [5.41, 5.74) is 11.4. The number of ether oxygens (including phenoxy) is 1. The van der Waals surface area contributed by atoms with Crippen LogP contribution in [0.25, 0.3) is 49.9 Å². The van der Waals surface area contributed by atoms with E-state index in [2.05, 4.69) is 191 Å². The number of rotatable bonds is 7. The Hall–Kier alpha value is -6.42. The van der Waals surface area contributed by atoms with Gasteiger partial charge >= 0.3 is 0 Å². The summed E-state index contributed by atoms with van der Waals surface area (Å²) in [6.07, 6.45) is 1.77. The summed E-state index contributed by atoms with van der Waals surface area (Å²) in [5.74, 6) is 1.07. The number of anilines is 4. The van der Waals surface area contributed by atoms with Gasteiger partial charge in [-0.3, -0.25) is 0 Å². The Morgan fingerprint density at radius 1 is 0.534 bits per heavy atom. The molecule has 0 fully saturated rings. The van der Waals surface area contributed by atoms with Crippen molar-refractivity contribution in [2.24, 2.45) is 0 Å². The Labute approximate surface area is 457 Å². The molecule has 0 amide bonds. The Morgan fingerprint density at radius 2 is 1.14 bits per heavy atom. The molecule has 6 heteroatoms. The van der Waals surface area contributed by atoms with E-state index in [1.807, 2.05) is 41.0 Å². The second kappa shape index (κ2) is 17.6. The van der Waals surface area contributed by atoms with Gasteiger partial charge in [-0.2, -0.15) is 6.07 Å². The molecule has 2 aliphatic rings. The quantitative estimate of drug-likeness (QED) is 0.149. The van der Waals surface area contributed by atoms with Gasteiger partial charge < -0.3 is 19.1 Å². The molecule has 374 valence electrons. The van der Waals surface area contributed by atoms with Gasteiger partial charge in [-0.1, -0.05) is 180 Å². The van der Waals surface area contributed by atoms with Gasteiger partial charge in [0.05, 0.1) is 0 Å². The van der Waals surface area contributed by atoms with Crippen LogP contribution < -0.4 is 14.5 Å². The van der Waals surface area contributed by atoms with Gasteiger partial charge in [0, 0.05) is 80.7 Å². The maximum Gasteiger partial charge on any atom is 0.135 e. The summed E-state index contributed by atoms with van der Waals surface area (Å²) in [7, 11) is 0. The zero-order valence-corrected chi connectivity index (χ0v) is 46.2. The third-order valence-electron chi connectivity index (χ3n) is 14.6. The Morgan fingerprint density at radius 3 is 1.78 bits per heavy atom. The predicted octanol–water partition coefficient (Wildman–Crippen LogP) is 18.1. The Bertz CT molecular complexity index is 3800. The van der Waals surface area contributed by atoms with Crippen LogP contribution in [0.4, 0.5) is 22.7 Å². The van der Waals surface area contributed by atoms with Crippen molar-refractivity contribution in [3.8, 4) is 39.6 Å². The van der Waals surface area contributed by atoms with Crippen molar-refractivity contribution in [3.05, 3.63) is 198 Å². The minimum Gasteiger partial charge on any atom is -0.509 e. The maximum absolute atomic E-state index is 9.06. The van der Waals surface area contributed by atoms with Crippen LogP contribution >= 0.6 is 0 Å². The number of hydrogen-bond acceptors (Lipinski definition) is 4. The van der Waals surface area contributed by atoms with Crippen molar-refractivity contribution in [2.45, 2.75) is 124 Å². The van der Waals surface area contributed by atoms with E-state index in [9.17, 15) is 0 Å². The van der Waals surface area contributed by atoms with Crippen molar-refractivity contribution < 1.29 is 34.0 Å². The summed E-state index contributed by atoms with van der Waals surface area (Å²) in [4.78, 5) is 9.27. The van der Waals surface area contributed by atoms with Crippen molar-refractivity contribution >= 4 is 44.6 Å². The molecule has 1 aliphatic heterocycles. The maximum atomic E-state index is 9.06. The number of hydrogen-bond donors (Lipinski definition) is 0. The summed E-state index contributed by atoms with van der Waals surface area (Å²) < 4.78 is 63.1. The number of benzene rings is 7. The van der Waals surface area contributed by atoms with E-state index < -0.39 is 19.1 Å². The first kappa shape index (κ1) is 43.0. The number of nitrogens with zero attached hydrogens (tertiary/aromatic N) is 4. The first-order chi connectivity index (χ1) is 36.5. The van der Waals surface area contributed by atoms with Crippen molar-refractivity contribution in [1.82, 2.24) is 9.55 Å². The number of fused-ring (bicyclic) bond motifs is 1. The van der Waals surface area contributed by atoms with Gasteiger partial charge in [-0.05, 0) is 114 Å². The Balaban J connectivity index is 0.00000704. The second-order valence-electron chi connectivity index (χ2n) is 23.9. The van der Waals surface area contributed by atoms with Crippen LogP contribution in [0, 0.1) is 18.8 Å². The van der Waals surface area contributed by atoms with Crippen LogP contribution in [0.2, 0.25) is 0 Å². The Kier molecular flexibility index (Phi) is 10.4. The van der Waals surface area contributed by atoms with Crippen molar-refractivity contribution in [3.63, 3.8) is 0 Å². The third kappa shape index (κ3) is 8.70. The minimum absolute atomic E-state index is 0. The SMILES string of the molecule is [2H]C([2H])([2H])C1(C([2H])([2H])[2H])c2cc(Oc3[c-]c(N4[CH-]N(c5c(-c6ccccc6)cc(C(C)(C)C)cc5-c5cc(C(C)(C)C)cc(C(C)(C)C)c5)c5ccccc54)ccc3)[c-]c3c2c2c1cccc2n3-c1cc(C(C)(C)C)ccn1.[Pt]. The molecule has 3 heterocycles. The molecule has 2 aromatic heterocycles. The smallest absolute Gasteiger partial charge is 0.135 e. The molecule has 11 rings (SSSR count). The van der Waals surface area contributed by atoms with Crippen LogP contribution in [-0.2, 0) is 48.1 Å². The zero-order valence-electron chi connectivity index (χ0n) is 49.9. The third-order valence-corrected chi connectivity index (χ3v) is 14.6. The van der Waals surface area contributed by atoms with Crippen LogP contribution in [0.1, 0.15) is 138 Å². The molecule has 0 N–H and O–H groups in total. The monoisotopic (exact) mass is 1140 g/mol. The van der Waals surface area contributed by atoms with Gasteiger partial charge in [0.1, 0.15) is 5.82 Å². The van der Waals surface area contributed by atoms with Gasteiger partial charge in [0.15, 0.2) is 0 Å². The fourth-order valence-corrected chi connectivity index (χ4v) is 10.4. The van der Waals surface area contributed by atoms with E-state index in [-0.39, 0.29) is 59.6 Å². The van der Waals surface area contributed by atoms with E-state index in [0.29, 0.717) is 39.1 Å². The van der Waals surface area contributed by atoms with Crippen LogP contribution in [0.5, 0.6) is 11.5 Å². The topological polar surface area (TPSA) is 33.5 Å². The molecule has 0 spiro atoms. The summed E-state index contributed by atoms with van der Waals surface area (Å²) >= 11 is 0. The molecule has 5 nitrogen and oxygen atoms in total. The first-order valence-electron chi connectivity index (χ1n) is 28.1. The fraction of sp³-hybridized carbons (Fsp3) is 0.284.